The van der Waals surface area contributed by atoms with Crippen molar-refractivity contribution >= 4 is 65.7 Å². The van der Waals surface area contributed by atoms with E-state index in [1.165, 1.54) is 7.11 Å². The number of amides is 2. The maximum atomic E-state index is 12.0. The van der Waals surface area contributed by atoms with E-state index in [0.29, 0.717) is 0 Å². The number of carbonyl (C=O) groups excluding carboxylic acids is 2. The van der Waals surface area contributed by atoms with Gasteiger partial charge in [-0.1, -0.05) is 31.9 Å². The summed E-state index contributed by atoms with van der Waals surface area (Å²) in [6, 6.07) is 11.8. The molecule has 5 nitrogen and oxygen atoms in total. The Labute approximate surface area is 148 Å². The van der Waals surface area contributed by atoms with Crippen molar-refractivity contribution in [2.24, 2.45) is 0 Å². The molecule has 3 aromatic rings. The number of hydrogen-bond acceptors (Lipinski definition) is 3. The van der Waals surface area contributed by atoms with E-state index in [9.17, 15) is 9.59 Å². The van der Waals surface area contributed by atoms with Gasteiger partial charge in [0.15, 0.2) is 0 Å². The third-order valence-electron chi connectivity index (χ3n) is 3.52. The fourth-order valence-electron chi connectivity index (χ4n) is 2.57. The van der Waals surface area contributed by atoms with E-state index in [1.54, 1.807) is 0 Å². The van der Waals surface area contributed by atoms with Gasteiger partial charge in [0.05, 0.1) is 7.11 Å². The van der Waals surface area contributed by atoms with E-state index >= 15 is 0 Å². The first-order valence-corrected chi connectivity index (χ1v) is 8.33. The summed E-state index contributed by atoms with van der Waals surface area (Å²) in [4.78, 5) is 23.2. The minimum absolute atomic E-state index is 0.0262. The predicted octanol–water partition coefficient (Wildman–Crippen LogP) is 4.20. The zero-order chi connectivity index (χ0) is 16.6. The number of alkyl carbamates (subject to hydrolysis) is 1. The summed E-state index contributed by atoms with van der Waals surface area (Å²) >= 11 is 6.95. The fraction of sp³-hybridized carbons (Fsp3) is 0.125. The van der Waals surface area contributed by atoms with Gasteiger partial charge in [-0.25, -0.2) is 4.79 Å². The van der Waals surface area contributed by atoms with Crippen LogP contribution in [0.2, 0.25) is 0 Å². The second kappa shape index (κ2) is 6.33. The van der Waals surface area contributed by atoms with Crippen molar-refractivity contribution in [1.29, 1.82) is 0 Å². The van der Waals surface area contributed by atoms with Crippen LogP contribution in [0.15, 0.2) is 45.3 Å². The number of ether oxygens (including phenoxy) is 1. The first-order valence-electron chi connectivity index (χ1n) is 6.74. The third-order valence-corrected chi connectivity index (χ3v) is 4.50. The average Bonchev–Trinajstić information content (AvgIpc) is 2.80. The molecule has 0 aliphatic rings. The predicted molar refractivity (Wildman–Crippen MR) is 95.4 cm³/mol. The Balaban J connectivity index is 2.14. The maximum Gasteiger partial charge on any atom is 0.413 e. The van der Waals surface area contributed by atoms with Crippen LogP contribution in [0.1, 0.15) is 0 Å². The second-order valence-electron chi connectivity index (χ2n) is 4.95. The summed E-state index contributed by atoms with van der Waals surface area (Å²) in [5.41, 5.74) is 1.84. The van der Waals surface area contributed by atoms with Gasteiger partial charge in [0.1, 0.15) is 6.54 Å². The molecule has 0 unspecified atom stereocenters. The molecule has 3 rings (SSSR count). The molecule has 1 heterocycles. The number of aromatic nitrogens is 1. The average molecular weight is 440 g/mol. The number of benzene rings is 2. The standard InChI is InChI=1S/C16H12Br2N2O3/c1-23-16(22)19-15(21)8-20-13-4-2-9(17)6-11(13)12-7-10(18)3-5-14(12)20/h2-7H,8H2,1H3,(H,19,21,22). The molecule has 1 aromatic heterocycles. The van der Waals surface area contributed by atoms with Gasteiger partial charge in [-0.15, -0.1) is 0 Å². The molecule has 0 atom stereocenters. The molecule has 0 radical (unpaired) electrons. The molecule has 0 spiro atoms. The van der Waals surface area contributed by atoms with Crippen LogP contribution in [0.25, 0.3) is 21.8 Å². The van der Waals surface area contributed by atoms with Crippen LogP contribution in [0.5, 0.6) is 0 Å². The van der Waals surface area contributed by atoms with Crippen molar-refractivity contribution in [2.45, 2.75) is 6.54 Å². The third kappa shape index (κ3) is 3.11. The van der Waals surface area contributed by atoms with Crippen molar-refractivity contribution < 1.29 is 14.3 Å². The summed E-state index contributed by atoms with van der Waals surface area (Å²) in [6.45, 7) is 0.0262. The Morgan fingerprint density at radius 3 is 2.04 bits per heavy atom. The number of halogens is 2. The first-order chi connectivity index (χ1) is 11.0. The van der Waals surface area contributed by atoms with Crippen LogP contribution in [0, 0.1) is 0 Å². The summed E-state index contributed by atoms with van der Waals surface area (Å²) in [5.74, 6) is -0.429. The molecular formula is C16H12Br2N2O3. The molecule has 0 aliphatic carbocycles. The van der Waals surface area contributed by atoms with Crippen molar-refractivity contribution in [2.75, 3.05) is 7.11 Å². The van der Waals surface area contributed by atoms with Crippen LogP contribution in [0.3, 0.4) is 0 Å². The number of methoxy groups -OCH3 is 1. The summed E-state index contributed by atoms with van der Waals surface area (Å²) < 4.78 is 8.25. The summed E-state index contributed by atoms with van der Waals surface area (Å²) in [7, 11) is 1.22. The van der Waals surface area contributed by atoms with Crippen molar-refractivity contribution in [3.05, 3.63) is 45.3 Å². The number of fused-ring (bicyclic) bond motifs is 3. The molecule has 0 aliphatic heterocycles. The number of nitrogens with zero attached hydrogens (tertiary/aromatic N) is 1. The SMILES string of the molecule is COC(=O)NC(=O)Cn1c2ccc(Br)cc2c2cc(Br)ccc21. The van der Waals surface area contributed by atoms with Gasteiger partial charge in [0, 0.05) is 30.8 Å². The molecule has 0 saturated carbocycles. The van der Waals surface area contributed by atoms with Gasteiger partial charge in [-0.2, -0.15) is 0 Å². The maximum absolute atomic E-state index is 12.0. The number of carbonyl (C=O) groups is 2. The molecule has 0 fully saturated rings. The van der Waals surface area contributed by atoms with Crippen molar-refractivity contribution in [3.63, 3.8) is 0 Å². The van der Waals surface area contributed by atoms with Gasteiger partial charge >= 0.3 is 6.09 Å². The smallest absolute Gasteiger partial charge is 0.413 e. The van der Waals surface area contributed by atoms with Crippen LogP contribution in [0.4, 0.5) is 4.79 Å². The zero-order valence-corrected chi connectivity index (χ0v) is 15.3. The zero-order valence-electron chi connectivity index (χ0n) is 12.1. The molecule has 7 heteroatoms. The highest BCUT2D eigenvalue weighted by Crippen LogP contribution is 2.32. The number of nitrogens with one attached hydrogen (secondary N) is 1. The Kier molecular flexibility index (Phi) is 4.41. The Morgan fingerprint density at radius 2 is 1.57 bits per heavy atom. The Morgan fingerprint density at radius 1 is 1.04 bits per heavy atom. The van der Waals surface area contributed by atoms with Gasteiger partial charge in [-0.3, -0.25) is 10.1 Å². The van der Waals surface area contributed by atoms with Crippen LogP contribution < -0.4 is 5.32 Å². The monoisotopic (exact) mass is 438 g/mol. The van der Waals surface area contributed by atoms with E-state index in [2.05, 4.69) is 41.9 Å². The van der Waals surface area contributed by atoms with Crippen molar-refractivity contribution in [3.8, 4) is 0 Å². The van der Waals surface area contributed by atoms with Gasteiger partial charge < -0.3 is 9.30 Å². The lowest BCUT2D eigenvalue weighted by atomic mass is 10.2. The highest BCUT2D eigenvalue weighted by atomic mass is 79.9. The summed E-state index contributed by atoms with van der Waals surface area (Å²) in [5, 5.41) is 4.24. The highest BCUT2D eigenvalue weighted by molar-refractivity contribution is 9.10. The van der Waals surface area contributed by atoms with Gasteiger partial charge in [0.25, 0.3) is 0 Å². The second-order valence-corrected chi connectivity index (χ2v) is 6.78. The normalized spacial score (nSPS) is 10.9. The molecule has 0 saturated heterocycles. The van der Waals surface area contributed by atoms with Gasteiger partial charge in [0.2, 0.25) is 5.91 Å². The Bertz CT molecular complexity index is 875. The number of rotatable bonds is 2. The van der Waals surface area contributed by atoms with Crippen LogP contribution in [-0.4, -0.2) is 23.7 Å². The van der Waals surface area contributed by atoms with Crippen LogP contribution >= 0.6 is 31.9 Å². The quantitative estimate of drug-likeness (QED) is 0.650. The van der Waals surface area contributed by atoms with E-state index < -0.39 is 12.0 Å². The molecule has 1 N–H and O–H groups in total. The Hall–Kier alpha value is -1.86. The van der Waals surface area contributed by atoms with E-state index in [0.717, 1.165) is 30.8 Å². The van der Waals surface area contributed by atoms with E-state index in [-0.39, 0.29) is 6.54 Å². The van der Waals surface area contributed by atoms with E-state index in [4.69, 9.17) is 0 Å². The summed E-state index contributed by atoms with van der Waals surface area (Å²) in [6.07, 6.45) is -0.763. The largest absolute Gasteiger partial charge is 0.453 e. The van der Waals surface area contributed by atoms with Crippen molar-refractivity contribution in [1.82, 2.24) is 9.88 Å². The lowest BCUT2D eigenvalue weighted by Crippen LogP contribution is -2.33. The molecular weight excluding hydrogens is 428 g/mol. The minimum Gasteiger partial charge on any atom is -0.453 e. The lowest BCUT2D eigenvalue weighted by Gasteiger charge is -2.07. The molecule has 2 aromatic carbocycles. The molecule has 23 heavy (non-hydrogen) atoms. The first kappa shape index (κ1) is 16.0. The molecule has 118 valence electrons. The van der Waals surface area contributed by atoms with E-state index in [1.807, 2.05) is 41.0 Å². The lowest BCUT2D eigenvalue weighted by molar-refractivity contribution is -0.120. The molecule has 2 amide bonds. The highest BCUT2D eigenvalue weighted by Gasteiger charge is 2.15. The van der Waals surface area contributed by atoms with Crippen LogP contribution in [-0.2, 0) is 16.1 Å². The number of imide groups is 1. The minimum atomic E-state index is -0.763. The number of hydrogen-bond donors (Lipinski definition) is 1. The van der Waals surface area contributed by atoms with Gasteiger partial charge in [-0.05, 0) is 36.4 Å². The molecule has 0 bridgehead atoms. The fourth-order valence-corrected chi connectivity index (χ4v) is 3.29. The topological polar surface area (TPSA) is 60.3 Å².